The molecule has 0 aromatic heterocycles. The van der Waals surface area contributed by atoms with E-state index in [9.17, 15) is 0 Å². The second kappa shape index (κ2) is 4.32. The molecule has 0 heteroatoms. The van der Waals surface area contributed by atoms with Gasteiger partial charge in [0.15, 0.2) is 0 Å². The van der Waals surface area contributed by atoms with Crippen LogP contribution in [0.1, 0.15) is 0 Å². The summed E-state index contributed by atoms with van der Waals surface area (Å²) in [6.07, 6.45) is 0. The van der Waals surface area contributed by atoms with E-state index in [1.807, 2.05) is 6.07 Å². The summed E-state index contributed by atoms with van der Waals surface area (Å²) >= 11 is 0. The lowest BCUT2D eigenvalue weighted by molar-refractivity contribution is 1.77. The average molecular weight is 277 g/mol. The van der Waals surface area contributed by atoms with E-state index in [0.717, 1.165) is 0 Å². The van der Waals surface area contributed by atoms with Crippen molar-refractivity contribution in [2.24, 2.45) is 0 Å². The van der Waals surface area contributed by atoms with Gasteiger partial charge < -0.3 is 0 Å². The van der Waals surface area contributed by atoms with Crippen LogP contribution in [0.4, 0.5) is 0 Å². The molecule has 5 aromatic carbocycles. The first-order valence-corrected chi connectivity index (χ1v) is 7.55. The molecule has 101 valence electrons. The van der Waals surface area contributed by atoms with Crippen molar-refractivity contribution in [3.05, 3.63) is 84.9 Å². The van der Waals surface area contributed by atoms with Crippen LogP contribution in [0.15, 0.2) is 78.9 Å². The van der Waals surface area contributed by atoms with Crippen molar-refractivity contribution in [2.75, 3.05) is 0 Å². The highest BCUT2D eigenvalue weighted by atomic mass is 14.1. The first kappa shape index (κ1) is 11.8. The summed E-state index contributed by atoms with van der Waals surface area (Å²) in [4.78, 5) is 0. The van der Waals surface area contributed by atoms with Crippen molar-refractivity contribution in [3.63, 3.8) is 0 Å². The second-order valence-electron chi connectivity index (χ2n) is 5.73. The van der Waals surface area contributed by atoms with Gasteiger partial charge >= 0.3 is 0 Å². The third-order valence-electron chi connectivity index (χ3n) is 4.57. The Morgan fingerprint density at radius 1 is 0.500 bits per heavy atom. The molecule has 1 radical (unpaired) electrons. The molecule has 0 bridgehead atoms. The minimum atomic E-state index is 1.28. The second-order valence-corrected chi connectivity index (χ2v) is 5.73. The minimum absolute atomic E-state index is 1.28. The molecular weight excluding hydrogens is 264 g/mol. The topological polar surface area (TPSA) is 0 Å². The molecule has 0 saturated heterocycles. The molecule has 0 aliphatic carbocycles. The third kappa shape index (κ3) is 1.47. The molecule has 0 saturated carbocycles. The van der Waals surface area contributed by atoms with Gasteiger partial charge in [-0.15, -0.1) is 0 Å². The standard InChI is InChI=1S/C22H13/c1-2-8-16-15(7-1)13-14-21-19-11-4-3-9-17(19)18-10-5-6-12-20(18)22(16)21/h1-4,6-14H. The van der Waals surface area contributed by atoms with Crippen molar-refractivity contribution < 1.29 is 0 Å². The molecule has 0 nitrogen and oxygen atoms in total. The number of hydrogen-bond donors (Lipinski definition) is 0. The summed E-state index contributed by atoms with van der Waals surface area (Å²) in [6, 6.07) is 31.3. The van der Waals surface area contributed by atoms with Crippen LogP contribution in [0.5, 0.6) is 0 Å². The Hall–Kier alpha value is -2.86. The molecular formula is C22H13. The van der Waals surface area contributed by atoms with Gasteiger partial charge in [0.1, 0.15) is 0 Å². The fourth-order valence-electron chi connectivity index (χ4n) is 3.61. The van der Waals surface area contributed by atoms with E-state index in [4.69, 9.17) is 0 Å². The predicted octanol–water partition coefficient (Wildman–Crippen LogP) is 6.10. The normalized spacial score (nSPS) is 11.6. The summed E-state index contributed by atoms with van der Waals surface area (Å²) in [7, 11) is 0. The van der Waals surface area contributed by atoms with Gasteiger partial charge in [0.2, 0.25) is 0 Å². The number of fused-ring (bicyclic) bond motifs is 8. The lowest BCUT2D eigenvalue weighted by atomic mass is 9.91. The lowest BCUT2D eigenvalue weighted by Crippen LogP contribution is -1.84. The molecule has 0 N–H and O–H groups in total. The van der Waals surface area contributed by atoms with Crippen LogP contribution in [0, 0.1) is 6.07 Å². The summed E-state index contributed by atoms with van der Waals surface area (Å²) < 4.78 is 0. The highest BCUT2D eigenvalue weighted by Gasteiger charge is 2.10. The Morgan fingerprint density at radius 2 is 1.18 bits per heavy atom. The summed E-state index contributed by atoms with van der Waals surface area (Å²) in [5, 5.41) is 10.5. The summed E-state index contributed by atoms with van der Waals surface area (Å²) in [5.74, 6) is 0. The van der Waals surface area contributed by atoms with Crippen LogP contribution in [-0.2, 0) is 0 Å². The Bertz CT molecular complexity index is 1120. The van der Waals surface area contributed by atoms with E-state index in [-0.39, 0.29) is 0 Å². The zero-order chi connectivity index (χ0) is 14.5. The number of benzene rings is 5. The van der Waals surface area contributed by atoms with Crippen LogP contribution >= 0.6 is 0 Å². The highest BCUT2D eigenvalue weighted by molar-refractivity contribution is 6.31. The fourth-order valence-corrected chi connectivity index (χ4v) is 3.61. The SMILES string of the molecule is [c]1ccc2c(c1)c1ccccc1c1ccc3ccccc3c21. The van der Waals surface area contributed by atoms with Crippen LogP contribution in [0.2, 0.25) is 0 Å². The van der Waals surface area contributed by atoms with Gasteiger partial charge in [0.25, 0.3) is 0 Å². The average Bonchev–Trinajstić information content (AvgIpc) is 2.61. The van der Waals surface area contributed by atoms with Gasteiger partial charge in [-0.05, 0) is 55.2 Å². The van der Waals surface area contributed by atoms with E-state index in [1.54, 1.807) is 0 Å². The molecule has 0 aliphatic rings. The first-order valence-electron chi connectivity index (χ1n) is 7.55. The smallest absolute Gasteiger partial charge is 0.00204 e. The van der Waals surface area contributed by atoms with E-state index < -0.39 is 0 Å². The Kier molecular flexibility index (Phi) is 2.31. The molecule has 5 rings (SSSR count). The summed E-state index contributed by atoms with van der Waals surface area (Å²) in [6.45, 7) is 0. The summed E-state index contributed by atoms with van der Waals surface area (Å²) in [5.41, 5.74) is 0. The Morgan fingerprint density at radius 3 is 2.05 bits per heavy atom. The molecule has 0 unspecified atom stereocenters. The fraction of sp³-hybridized carbons (Fsp3) is 0. The van der Waals surface area contributed by atoms with E-state index in [1.165, 1.54) is 43.1 Å². The molecule has 0 fully saturated rings. The van der Waals surface area contributed by atoms with Crippen LogP contribution in [-0.4, -0.2) is 0 Å². The molecule has 0 atom stereocenters. The maximum Gasteiger partial charge on any atom is -0.00204 e. The Labute approximate surface area is 128 Å². The van der Waals surface area contributed by atoms with Gasteiger partial charge in [-0.25, -0.2) is 0 Å². The number of rotatable bonds is 0. The van der Waals surface area contributed by atoms with Gasteiger partial charge in [0.05, 0.1) is 0 Å². The van der Waals surface area contributed by atoms with E-state index in [2.05, 4.69) is 78.9 Å². The molecule has 0 amide bonds. The first-order chi connectivity index (χ1) is 10.9. The Balaban J connectivity index is 2.24. The largest absolute Gasteiger partial charge is 0.0616 e. The minimum Gasteiger partial charge on any atom is -0.0616 e. The predicted molar refractivity (Wildman–Crippen MR) is 95.3 cm³/mol. The van der Waals surface area contributed by atoms with Crippen LogP contribution < -0.4 is 0 Å². The van der Waals surface area contributed by atoms with Gasteiger partial charge in [0, 0.05) is 0 Å². The zero-order valence-electron chi connectivity index (χ0n) is 12.0. The van der Waals surface area contributed by atoms with E-state index in [0.29, 0.717) is 0 Å². The molecule has 5 aromatic rings. The molecule has 22 heavy (non-hydrogen) atoms. The quantitative estimate of drug-likeness (QED) is 0.300. The lowest BCUT2D eigenvalue weighted by Gasteiger charge is -2.12. The maximum atomic E-state index is 3.24. The van der Waals surface area contributed by atoms with Crippen LogP contribution in [0.3, 0.4) is 0 Å². The van der Waals surface area contributed by atoms with Crippen molar-refractivity contribution >= 4 is 43.1 Å². The van der Waals surface area contributed by atoms with Crippen molar-refractivity contribution in [2.45, 2.75) is 0 Å². The van der Waals surface area contributed by atoms with Gasteiger partial charge in [-0.3, -0.25) is 0 Å². The highest BCUT2D eigenvalue weighted by Crippen LogP contribution is 2.38. The number of hydrogen-bond acceptors (Lipinski definition) is 0. The third-order valence-corrected chi connectivity index (χ3v) is 4.57. The molecule has 0 aliphatic heterocycles. The van der Waals surface area contributed by atoms with Crippen molar-refractivity contribution in [3.8, 4) is 0 Å². The van der Waals surface area contributed by atoms with Gasteiger partial charge in [-0.1, -0.05) is 72.8 Å². The molecule has 0 spiro atoms. The van der Waals surface area contributed by atoms with Gasteiger partial charge in [-0.2, -0.15) is 0 Å². The molecule has 0 heterocycles. The maximum absolute atomic E-state index is 3.24. The zero-order valence-corrected chi connectivity index (χ0v) is 12.0. The monoisotopic (exact) mass is 277 g/mol. The van der Waals surface area contributed by atoms with Crippen LogP contribution in [0.25, 0.3) is 43.1 Å². The van der Waals surface area contributed by atoms with Crippen molar-refractivity contribution in [1.82, 2.24) is 0 Å². The van der Waals surface area contributed by atoms with Crippen molar-refractivity contribution in [1.29, 1.82) is 0 Å². The van der Waals surface area contributed by atoms with E-state index >= 15 is 0 Å².